The highest BCUT2D eigenvalue weighted by atomic mass is 32.2. The zero-order valence-electron chi connectivity index (χ0n) is 9.92. The van der Waals surface area contributed by atoms with Crippen LogP contribution in [0.25, 0.3) is 0 Å². The second kappa shape index (κ2) is 5.09. The molecule has 20 heavy (non-hydrogen) atoms. The maximum Gasteiger partial charge on any atom is 0.363 e. The molecular weight excluding hydrogens is 286 g/mol. The van der Waals surface area contributed by atoms with Gasteiger partial charge in [0, 0.05) is 6.07 Å². The molecule has 0 aliphatic heterocycles. The van der Waals surface area contributed by atoms with Gasteiger partial charge in [-0.1, -0.05) is 0 Å². The fraction of sp³-hybridized carbons (Fsp3) is 0. The van der Waals surface area contributed by atoms with Crippen LogP contribution in [0.2, 0.25) is 0 Å². The van der Waals surface area contributed by atoms with E-state index < -0.39 is 20.8 Å². The molecular formula is C10H9N5O4S. The summed E-state index contributed by atoms with van der Waals surface area (Å²) in [6.07, 6.45) is 2.16. The summed E-state index contributed by atoms with van der Waals surface area (Å²) in [5.41, 5.74) is 5.60. The smallest absolute Gasteiger partial charge is 0.363 e. The van der Waals surface area contributed by atoms with Crippen LogP contribution in [0, 0.1) is 10.1 Å². The third-order valence-electron chi connectivity index (χ3n) is 2.26. The van der Waals surface area contributed by atoms with Crippen LogP contribution in [0.15, 0.2) is 41.6 Å². The first-order valence-corrected chi connectivity index (χ1v) is 6.71. The zero-order valence-corrected chi connectivity index (χ0v) is 10.7. The van der Waals surface area contributed by atoms with Crippen molar-refractivity contribution in [2.24, 2.45) is 0 Å². The molecule has 10 heteroatoms. The molecule has 0 amide bonds. The molecule has 0 radical (unpaired) electrons. The molecule has 0 saturated carbocycles. The molecule has 2 rings (SSSR count). The first kappa shape index (κ1) is 13.7. The Morgan fingerprint density at radius 2 is 1.90 bits per heavy atom. The number of sulfonamides is 1. The van der Waals surface area contributed by atoms with Gasteiger partial charge in [0.1, 0.15) is 10.7 Å². The molecule has 0 bridgehead atoms. The molecule has 0 aliphatic carbocycles. The summed E-state index contributed by atoms with van der Waals surface area (Å²) in [6.45, 7) is 0. The van der Waals surface area contributed by atoms with Gasteiger partial charge >= 0.3 is 5.82 Å². The Labute approximate surface area is 113 Å². The van der Waals surface area contributed by atoms with Crippen molar-refractivity contribution in [1.82, 2.24) is 9.97 Å². The first-order chi connectivity index (χ1) is 9.38. The van der Waals surface area contributed by atoms with Crippen molar-refractivity contribution in [3.8, 4) is 0 Å². The molecule has 9 nitrogen and oxygen atoms in total. The van der Waals surface area contributed by atoms with Gasteiger partial charge in [0.25, 0.3) is 10.0 Å². The highest BCUT2D eigenvalue weighted by molar-refractivity contribution is 7.92. The minimum Gasteiger partial charge on any atom is -0.384 e. The Morgan fingerprint density at radius 1 is 1.15 bits per heavy atom. The Kier molecular flexibility index (Phi) is 3.48. The topological polar surface area (TPSA) is 141 Å². The molecule has 2 heterocycles. The molecule has 2 aromatic rings. The molecule has 0 atom stereocenters. The van der Waals surface area contributed by atoms with E-state index >= 15 is 0 Å². The van der Waals surface area contributed by atoms with Crippen molar-refractivity contribution < 1.29 is 13.3 Å². The van der Waals surface area contributed by atoms with Crippen LogP contribution in [0.3, 0.4) is 0 Å². The fourth-order valence-corrected chi connectivity index (χ4v) is 2.31. The monoisotopic (exact) mass is 295 g/mol. The summed E-state index contributed by atoms with van der Waals surface area (Å²) >= 11 is 0. The highest BCUT2D eigenvalue weighted by Gasteiger charge is 2.18. The molecule has 2 aromatic heterocycles. The molecule has 0 saturated heterocycles. The lowest BCUT2D eigenvalue weighted by atomic mass is 10.4. The van der Waals surface area contributed by atoms with Crippen molar-refractivity contribution in [3.05, 3.63) is 46.8 Å². The summed E-state index contributed by atoms with van der Waals surface area (Å²) in [5, 5.41) is 10.4. The fourth-order valence-electron chi connectivity index (χ4n) is 1.32. The highest BCUT2D eigenvalue weighted by Crippen LogP contribution is 2.17. The van der Waals surface area contributed by atoms with Crippen molar-refractivity contribution in [2.45, 2.75) is 4.90 Å². The molecule has 3 N–H and O–H groups in total. The van der Waals surface area contributed by atoms with Gasteiger partial charge in [0.2, 0.25) is 0 Å². The lowest BCUT2D eigenvalue weighted by Gasteiger charge is -2.06. The Hall–Kier alpha value is -2.75. The molecule has 0 aromatic carbocycles. The number of hydrogen-bond donors (Lipinski definition) is 2. The van der Waals surface area contributed by atoms with E-state index in [-0.39, 0.29) is 16.4 Å². The lowest BCUT2D eigenvalue weighted by Crippen LogP contribution is -2.13. The van der Waals surface area contributed by atoms with E-state index in [0.29, 0.717) is 0 Å². The molecule has 0 unspecified atom stereocenters. The van der Waals surface area contributed by atoms with E-state index in [1.54, 1.807) is 0 Å². The van der Waals surface area contributed by atoms with Gasteiger partial charge in [-0.05, 0) is 28.1 Å². The SMILES string of the molecule is Nc1ccc(NS(=O)(=O)c2ccc([N+](=O)[O-])nc2)cn1. The third-order valence-corrected chi connectivity index (χ3v) is 3.62. The number of nitro groups is 1. The summed E-state index contributed by atoms with van der Waals surface area (Å²) in [6, 6.07) is 4.98. The number of aromatic nitrogens is 2. The Bertz CT molecular complexity index is 727. The third kappa shape index (κ3) is 2.98. The summed E-state index contributed by atoms with van der Waals surface area (Å²) in [4.78, 5) is 16.7. The van der Waals surface area contributed by atoms with Crippen LogP contribution in [-0.4, -0.2) is 23.3 Å². The Morgan fingerprint density at radius 3 is 2.40 bits per heavy atom. The number of nitrogen functional groups attached to an aromatic ring is 1. The average Bonchev–Trinajstić information content (AvgIpc) is 2.41. The van der Waals surface area contributed by atoms with Crippen molar-refractivity contribution in [2.75, 3.05) is 10.5 Å². The summed E-state index contributed by atoms with van der Waals surface area (Å²) in [5.74, 6) is -0.178. The standard InChI is InChI=1S/C10H9N5O4S/c11-9-3-1-7(5-12-9)14-20(18,19)8-2-4-10(13-6-8)15(16)17/h1-6,14H,(H2,11,12). The normalized spacial score (nSPS) is 11.0. The number of nitrogens with one attached hydrogen (secondary N) is 1. The van der Waals surface area contributed by atoms with E-state index in [0.717, 1.165) is 18.3 Å². The van der Waals surface area contributed by atoms with Crippen LogP contribution < -0.4 is 10.5 Å². The predicted molar refractivity (Wildman–Crippen MR) is 70.3 cm³/mol. The van der Waals surface area contributed by atoms with Gasteiger partial charge in [-0.2, -0.15) is 0 Å². The molecule has 0 spiro atoms. The largest absolute Gasteiger partial charge is 0.384 e. The summed E-state index contributed by atoms with van der Waals surface area (Å²) in [7, 11) is -3.88. The van der Waals surface area contributed by atoms with Gasteiger partial charge < -0.3 is 15.8 Å². The second-order valence-corrected chi connectivity index (χ2v) is 5.37. The van der Waals surface area contributed by atoms with E-state index in [1.165, 1.54) is 18.3 Å². The van der Waals surface area contributed by atoms with E-state index in [4.69, 9.17) is 5.73 Å². The van der Waals surface area contributed by atoms with Gasteiger partial charge in [0.15, 0.2) is 6.20 Å². The number of rotatable bonds is 4. The number of nitrogens with zero attached hydrogens (tertiary/aromatic N) is 3. The van der Waals surface area contributed by atoms with Crippen LogP contribution in [-0.2, 0) is 10.0 Å². The Balaban J connectivity index is 2.26. The van der Waals surface area contributed by atoms with E-state index in [9.17, 15) is 18.5 Å². The minimum atomic E-state index is -3.88. The van der Waals surface area contributed by atoms with Gasteiger partial charge in [-0.3, -0.25) is 4.72 Å². The maximum atomic E-state index is 12.0. The van der Waals surface area contributed by atoms with Gasteiger partial charge in [-0.25, -0.2) is 13.4 Å². The van der Waals surface area contributed by atoms with E-state index in [2.05, 4.69) is 14.7 Å². The zero-order chi connectivity index (χ0) is 14.8. The van der Waals surface area contributed by atoms with Crippen molar-refractivity contribution in [3.63, 3.8) is 0 Å². The number of anilines is 2. The molecule has 0 aliphatic rings. The maximum absolute atomic E-state index is 12.0. The average molecular weight is 295 g/mol. The number of hydrogen-bond acceptors (Lipinski definition) is 7. The summed E-state index contributed by atoms with van der Waals surface area (Å²) < 4.78 is 26.2. The first-order valence-electron chi connectivity index (χ1n) is 5.23. The predicted octanol–water partition coefficient (Wildman–Crippen LogP) is 0.768. The van der Waals surface area contributed by atoms with Crippen molar-refractivity contribution >= 4 is 27.3 Å². The molecule has 104 valence electrons. The van der Waals surface area contributed by atoms with Crippen LogP contribution >= 0.6 is 0 Å². The number of pyridine rings is 2. The quantitative estimate of drug-likeness (QED) is 0.626. The lowest BCUT2D eigenvalue weighted by molar-refractivity contribution is -0.389. The minimum absolute atomic E-state index is 0.195. The van der Waals surface area contributed by atoms with Crippen molar-refractivity contribution in [1.29, 1.82) is 0 Å². The van der Waals surface area contributed by atoms with E-state index in [1.807, 2.05) is 0 Å². The molecule has 0 fully saturated rings. The van der Waals surface area contributed by atoms with Gasteiger partial charge in [0.05, 0.1) is 11.9 Å². The van der Waals surface area contributed by atoms with Gasteiger partial charge in [-0.15, -0.1) is 0 Å². The van der Waals surface area contributed by atoms with Crippen LogP contribution in [0.1, 0.15) is 0 Å². The van der Waals surface area contributed by atoms with Crippen LogP contribution in [0.5, 0.6) is 0 Å². The second-order valence-electron chi connectivity index (χ2n) is 3.69. The number of nitrogens with two attached hydrogens (primary N) is 1. The van der Waals surface area contributed by atoms with Crippen LogP contribution in [0.4, 0.5) is 17.3 Å².